The number of alkyl halides is 1. The lowest BCUT2D eigenvalue weighted by Gasteiger charge is -2.42. The summed E-state index contributed by atoms with van der Waals surface area (Å²) in [7, 11) is -0.911. The van der Waals surface area contributed by atoms with Crippen LogP contribution in [0.5, 0.6) is 17.4 Å². The van der Waals surface area contributed by atoms with Crippen molar-refractivity contribution in [1.82, 2.24) is 34.3 Å². The summed E-state index contributed by atoms with van der Waals surface area (Å²) < 4.78 is 88.7. The number of benzene rings is 3. The average Bonchev–Trinajstić information content (AvgIpc) is 3.57. The molecule has 1 saturated carbocycles. The van der Waals surface area contributed by atoms with Gasteiger partial charge in [0.25, 0.3) is 0 Å². The molecule has 2 aromatic heterocycles. The first-order valence-corrected chi connectivity index (χ1v) is 21.8. The molecule has 3 amide bonds. The van der Waals surface area contributed by atoms with E-state index >= 15 is 13.2 Å². The van der Waals surface area contributed by atoms with E-state index in [9.17, 15) is 23.3 Å². The molecule has 2 aliphatic heterocycles. The zero-order valence-corrected chi connectivity index (χ0v) is 35.1. The first kappa shape index (κ1) is 42.6. The Morgan fingerprint density at radius 3 is 2.50 bits per heavy atom. The van der Waals surface area contributed by atoms with Gasteiger partial charge in [0.2, 0.25) is 11.8 Å². The number of amides is 3. The van der Waals surface area contributed by atoms with E-state index in [4.69, 9.17) is 9.47 Å². The maximum absolute atomic E-state index is 16.2. The highest BCUT2D eigenvalue weighted by molar-refractivity contribution is 7.90. The number of aromatic nitrogens is 4. The average molecular weight is 875 g/mol. The van der Waals surface area contributed by atoms with Crippen molar-refractivity contribution in [2.75, 3.05) is 49.5 Å². The monoisotopic (exact) mass is 874 g/mol. The Labute approximate surface area is 355 Å². The van der Waals surface area contributed by atoms with E-state index < -0.39 is 33.5 Å². The number of ether oxygens (including phenoxy) is 2. The largest absolute Gasteiger partial charge is 0.473 e. The molecule has 2 saturated heterocycles. The molecular formula is C42H45F3N10O6S. The number of carbonyl (C=O) groups excluding carboxylic acids is 2. The normalized spacial score (nSPS) is 19.7. The van der Waals surface area contributed by atoms with Gasteiger partial charge in [0.05, 0.1) is 28.4 Å². The fourth-order valence-corrected chi connectivity index (χ4v) is 9.35. The van der Waals surface area contributed by atoms with Crippen LogP contribution in [0.3, 0.4) is 0 Å². The third-order valence-electron chi connectivity index (χ3n) is 12.1. The summed E-state index contributed by atoms with van der Waals surface area (Å²) in [5, 5.41) is 17.1. The van der Waals surface area contributed by atoms with Crippen molar-refractivity contribution in [1.29, 1.82) is 5.26 Å². The highest BCUT2D eigenvalue weighted by Gasteiger charge is 2.39. The van der Waals surface area contributed by atoms with Gasteiger partial charge in [-0.1, -0.05) is 6.92 Å². The molecule has 0 atom stereocenters. The number of carbonyl (C=O) groups is 2. The van der Waals surface area contributed by atoms with Crippen LogP contribution in [0.1, 0.15) is 68.9 Å². The van der Waals surface area contributed by atoms with E-state index in [1.807, 2.05) is 12.1 Å². The molecule has 0 bridgehead atoms. The smallest absolute Gasteiger partial charge is 0.329 e. The molecule has 8 rings (SSSR count). The minimum Gasteiger partial charge on any atom is -0.473 e. The molecular weight excluding hydrogens is 830 g/mol. The number of piperidine rings is 1. The standard InChI is InChI=1S/C42H45F3N10O6S/c1-4-52(2)62(58,59)51-33-12-10-31(43)39(30(33)22-46)61-27-9-11-34-35(19-27)48-38(23-47-34)60-24-42(45)14-17-54(18-15-42)26-7-5-25(6-8-26)28-21-36-29(20-32(28)44)40(50-53(36)3)55-16-13-37(56)49-41(55)57/h9-12,19-21,23,25-26,51H,4-8,13-18,24H2,1-3H3,(H,49,56,57). The first-order chi connectivity index (χ1) is 29.6. The maximum atomic E-state index is 16.2. The van der Waals surface area contributed by atoms with E-state index in [2.05, 4.69) is 30.0 Å². The number of halogens is 3. The summed E-state index contributed by atoms with van der Waals surface area (Å²) in [6.45, 7) is 2.79. The van der Waals surface area contributed by atoms with E-state index in [-0.39, 0.29) is 85.5 Å². The maximum Gasteiger partial charge on any atom is 0.329 e. The highest BCUT2D eigenvalue weighted by Crippen LogP contribution is 2.41. The number of nitrogens with one attached hydrogen (secondary N) is 2. The fraction of sp³-hybridized carbons (Fsp3) is 0.429. The Kier molecular flexibility index (Phi) is 11.7. The van der Waals surface area contributed by atoms with Crippen molar-refractivity contribution < 1.29 is 40.7 Å². The molecule has 3 aliphatic rings. The number of anilines is 2. The third-order valence-corrected chi connectivity index (χ3v) is 13.7. The molecule has 3 fully saturated rings. The number of urea groups is 1. The number of nitrogens with zero attached hydrogens (tertiary/aromatic N) is 8. The lowest BCUT2D eigenvalue weighted by atomic mass is 9.80. The number of likely N-dealkylation sites (tertiary alicyclic amines) is 1. The molecule has 326 valence electrons. The molecule has 2 N–H and O–H groups in total. The number of hydrogen-bond donors (Lipinski definition) is 2. The summed E-state index contributed by atoms with van der Waals surface area (Å²) in [5.41, 5.74) is -0.0627. The highest BCUT2D eigenvalue weighted by atomic mass is 32.2. The lowest BCUT2D eigenvalue weighted by molar-refractivity contribution is -0.120. The summed E-state index contributed by atoms with van der Waals surface area (Å²) in [4.78, 5) is 36.7. The zero-order valence-electron chi connectivity index (χ0n) is 34.3. The summed E-state index contributed by atoms with van der Waals surface area (Å²) in [5.74, 6) is -1.61. The molecule has 5 aromatic rings. The second-order valence-electron chi connectivity index (χ2n) is 16.0. The van der Waals surface area contributed by atoms with Crippen molar-refractivity contribution in [2.45, 2.75) is 69.5 Å². The summed E-state index contributed by atoms with van der Waals surface area (Å²) in [6.07, 6.45) is 5.22. The summed E-state index contributed by atoms with van der Waals surface area (Å²) >= 11 is 0. The van der Waals surface area contributed by atoms with Gasteiger partial charge in [0.1, 0.15) is 35.5 Å². The van der Waals surface area contributed by atoms with Crippen molar-refractivity contribution in [2.24, 2.45) is 7.05 Å². The minimum absolute atomic E-state index is 0.00210. The Bertz CT molecular complexity index is 2710. The Hall–Kier alpha value is -6.04. The molecule has 1 aliphatic carbocycles. The van der Waals surface area contributed by atoms with E-state index in [1.165, 1.54) is 36.3 Å². The fourth-order valence-electron chi connectivity index (χ4n) is 8.41. The van der Waals surface area contributed by atoms with Crippen LogP contribution >= 0.6 is 0 Å². The van der Waals surface area contributed by atoms with Crippen LogP contribution in [-0.2, 0) is 22.1 Å². The minimum atomic E-state index is -4.01. The second-order valence-corrected chi connectivity index (χ2v) is 17.7. The van der Waals surface area contributed by atoms with Crippen LogP contribution in [-0.4, -0.2) is 101 Å². The molecule has 0 radical (unpaired) electrons. The van der Waals surface area contributed by atoms with Gasteiger partial charge in [0.15, 0.2) is 17.4 Å². The molecule has 16 nitrogen and oxygen atoms in total. The van der Waals surface area contributed by atoms with Crippen molar-refractivity contribution in [3.05, 3.63) is 71.4 Å². The van der Waals surface area contributed by atoms with Gasteiger partial charge >= 0.3 is 16.2 Å². The van der Waals surface area contributed by atoms with Crippen LogP contribution in [0, 0.1) is 23.0 Å². The lowest BCUT2D eigenvalue weighted by Crippen LogP contribution is -2.49. The van der Waals surface area contributed by atoms with Crippen LogP contribution < -0.4 is 24.4 Å². The zero-order chi connectivity index (χ0) is 43.9. The number of imide groups is 1. The van der Waals surface area contributed by atoms with Gasteiger partial charge in [-0.15, -0.1) is 0 Å². The number of nitriles is 1. The Morgan fingerprint density at radius 2 is 1.79 bits per heavy atom. The number of hydrogen-bond acceptors (Lipinski definition) is 11. The Morgan fingerprint density at radius 1 is 1.03 bits per heavy atom. The van der Waals surface area contributed by atoms with E-state index in [0.717, 1.165) is 42.1 Å². The SMILES string of the molecule is CCN(C)S(=O)(=O)Nc1ccc(F)c(Oc2ccc3ncc(OCC4(F)CCN(C5CCC(c6cc7c(cc6F)c(N6CCC(=O)NC6=O)nn7C)CC5)CC4)nc3c2)c1C#N. The predicted molar refractivity (Wildman–Crippen MR) is 223 cm³/mol. The Balaban J connectivity index is 0.863. The molecule has 0 unspecified atom stereocenters. The van der Waals surface area contributed by atoms with Gasteiger partial charge in [-0.2, -0.15) is 23.1 Å². The molecule has 20 heteroatoms. The predicted octanol–water partition coefficient (Wildman–Crippen LogP) is 6.42. The summed E-state index contributed by atoms with van der Waals surface area (Å²) in [6, 6.07) is 11.4. The van der Waals surface area contributed by atoms with E-state index in [0.29, 0.717) is 46.4 Å². The quantitative estimate of drug-likeness (QED) is 0.141. The third kappa shape index (κ3) is 8.56. The van der Waals surface area contributed by atoms with Crippen molar-refractivity contribution in [3.8, 4) is 23.4 Å². The number of rotatable bonds is 12. The van der Waals surface area contributed by atoms with Crippen LogP contribution in [0.15, 0.2) is 48.7 Å². The van der Waals surface area contributed by atoms with Gasteiger partial charge in [-0.05, 0) is 86.4 Å². The van der Waals surface area contributed by atoms with Crippen molar-refractivity contribution >= 4 is 55.6 Å². The van der Waals surface area contributed by atoms with Gasteiger partial charge in [-0.3, -0.25) is 24.4 Å². The topological polar surface area (TPSA) is 188 Å². The number of fused-ring (bicyclic) bond motifs is 2. The van der Waals surface area contributed by atoms with Gasteiger partial charge in [-0.25, -0.2) is 27.9 Å². The van der Waals surface area contributed by atoms with Crippen LogP contribution in [0.25, 0.3) is 21.9 Å². The van der Waals surface area contributed by atoms with E-state index in [1.54, 1.807) is 24.7 Å². The molecule has 3 aromatic carbocycles. The van der Waals surface area contributed by atoms with Gasteiger partial charge in [0, 0.05) is 64.2 Å². The molecule has 62 heavy (non-hydrogen) atoms. The molecule has 0 spiro atoms. The van der Waals surface area contributed by atoms with Crippen LogP contribution in [0.2, 0.25) is 0 Å². The number of aryl methyl sites for hydroxylation is 1. The second kappa shape index (κ2) is 17.0. The van der Waals surface area contributed by atoms with Crippen molar-refractivity contribution in [3.63, 3.8) is 0 Å². The van der Waals surface area contributed by atoms with Crippen LogP contribution in [0.4, 0.5) is 29.5 Å². The first-order valence-electron chi connectivity index (χ1n) is 20.4. The van der Waals surface area contributed by atoms with Gasteiger partial charge < -0.3 is 14.4 Å². The molecule has 4 heterocycles.